The van der Waals surface area contributed by atoms with E-state index in [1.165, 1.54) is 16.8 Å². The van der Waals surface area contributed by atoms with Gasteiger partial charge in [-0.3, -0.25) is 4.79 Å². The van der Waals surface area contributed by atoms with E-state index in [-0.39, 0.29) is 24.1 Å². The highest BCUT2D eigenvalue weighted by molar-refractivity contribution is 6.30. The van der Waals surface area contributed by atoms with Crippen LogP contribution in [-0.2, 0) is 6.54 Å². The smallest absolute Gasteiger partial charge is 0.342 e. The molecule has 3 aromatic carbocycles. The zero-order valence-corrected chi connectivity index (χ0v) is 21.2. The minimum atomic E-state index is -0.479. The Balaban J connectivity index is 1.42. The molecule has 194 valence electrons. The van der Waals surface area contributed by atoms with Gasteiger partial charge in [-0.2, -0.15) is 9.78 Å². The Bertz CT molecular complexity index is 1480. The number of phenolic OH excluding ortho intramolecular Hbond substituents is 1. The van der Waals surface area contributed by atoms with Crippen molar-refractivity contribution in [3.63, 3.8) is 0 Å². The molecule has 5 rings (SSSR count). The molecule has 1 heterocycles. The van der Waals surface area contributed by atoms with Gasteiger partial charge in [-0.05, 0) is 67.4 Å². The fourth-order valence-electron chi connectivity index (χ4n) is 4.71. The number of rotatable bonds is 6. The van der Waals surface area contributed by atoms with Crippen molar-refractivity contribution in [2.45, 2.75) is 38.1 Å². The van der Waals surface area contributed by atoms with E-state index in [1.54, 1.807) is 60.7 Å². The van der Waals surface area contributed by atoms with Crippen molar-refractivity contribution in [1.82, 2.24) is 15.1 Å². The number of nitrogens with one attached hydrogen (secondary N) is 2. The lowest BCUT2D eigenvalue weighted by molar-refractivity contribution is 0.102. The predicted octanol–water partition coefficient (Wildman–Crippen LogP) is 6.72. The Labute approximate surface area is 224 Å². The molecule has 1 fully saturated rings. The van der Waals surface area contributed by atoms with Gasteiger partial charge in [0.1, 0.15) is 11.6 Å². The first kappa shape index (κ1) is 25.5. The highest BCUT2D eigenvalue weighted by Gasteiger charge is 2.26. The number of hydrogen-bond acceptors (Lipinski definition) is 4. The minimum absolute atomic E-state index is 0.0161. The molecule has 2 amide bonds. The number of aromatic nitrogens is 2. The molecule has 38 heavy (non-hydrogen) atoms. The molecule has 1 aromatic heterocycles. The summed E-state index contributed by atoms with van der Waals surface area (Å²) in [6.07, 6.45) is 3.96. The van der Waals surface area contributed by atoms with Crippen LogP contribution in [0.4, 0.5) is 14.9 Å². The summed E-state index contributed by atoms with van der Waals surface area (Å²) in [5, 5.41) is 21.3. The van der Waals surface area contributed by atoms with Crippen LogP contribution in [-0.4, -0.2) is 26.8 Å². The van der Waals surface area contributed by atoms with Crippen LogP contribution < -0.4 is 10.6 Å². The van der Waals surface area contributed by atoms with Crippen LogP contribution in [0.3, 0.4) is 0 Å². The standard InChI is InChI=1S/C29H26ClFN4O3/c30-21-11-9-19(10-12-21)28(37)33-22-13-14-27(36)23(15-22)25-16-26(18-5-1-2-6-18)35(34-25)29(38)32-17-20-7-3-4-8-24(20)31/h3-4,7-16,18,36H,1-2,5-6,17H2,(H,32,38)(H,33,37). The van der Waals surface area contributed by atoms with Crippen molar-refractivity contribution >= 4 is 29.2 Å². The van der Waals surface area contributed by atoms with E-state index in [4.69, 9.17) is 11.6 Å². The molecule has 0 atom stereocenters. The molecule has 0 unspecified atom stereocenters. The lowest BCUT2D eigenvalue weighted by atomic mass is 10.0. The van der Waals surface area contributed by atoms with Gasteiger partial charge < -0.3 is 15.7 Å². The Hall–Kier alpha value is -4.17. The van der Waals surface area contributed by atoms with Crippen molar-refractivity contribution in [1.29, 1.82) is 0 Å². The monoisotopic (exact) mass is 532 g/mol. The molecule has 4 aromatic rings. The van der Waals surface area contributed by atoms with E-state index in [2.05, 4.69) is 15.7 Å². The molecule has 1 aliphatic carbocycles. The average Bonchev–Trinajstić information content (AvgIpc) is 3.60. The summed E-state index contributed by atoms with van der Waals surface area (Å²) in [6, 6.07) is 18.8. The SMILES string of the molecule is O=C(Nc1ccc(O)c(-c2cc(C3CCCC3)n(C(=O)NCc3ccccc3F)n2)c1)c1ccc(Cl)cc1. The van der Waals surface area contributed by atoms with Gasteiger partial charge in [0.2, 0.25) is 0 Å². The molecule has 0 aliphatic heterocycles. The quantitative estimate of drug-likeness (QED) is 0.240. The van der Waals surface area contributed by atoms with Crippen molar-refractivity contribution in [2.75, 3.05) is 5.32 Å². The van der Waals surface area contributed by atoms with Gasteiger partial charge in [-0.15, -0.1) is 0 Å². The number of hydrogen-bond donors (Lipinski definition) is 3. The maximum absolute atomic E-state index is 14.1. The summed E-state index contributed by atoms with van der Waals surface area (Å²) < 4.78 is 15.4. The third-order valence-corrected chi connectivity index (χ3v) is 6.98. The van der Waals surface area contributed by atoms with E-state index >= 15 is 0 Å². The Morgan fingerprint density at radius 3 is 2.50 bits per heavy atom. The van der Waals surface area contributed by atoms with Gasteiger partial charge in [-0.1, -0.05) is 42.6 Å². The summed E-state index contributed by atoms with van der Waals surface area (Å²) in [5.74, 6) is -0.621. The van der Waals surface area contributed by atoms with Crippen LogP contribution in [0.25, 0.3) is 11.3 Å². The zero-order chi connectivity index (χ0) is 26.6. The number of anilines is 1. The molecule has 0 saturated heterocycles. The summed E-state index contributed by atoms with van der Waals surface area (Å²) in [4.78, 5) is 25.8. The maximum Gasteiger partial charge on any atom is 0.342 e. The number of carbonyl (C=O) groups is 2. The van der Waals surface area contributed by atoms with Gasteiger partial charge in [0.15, 0.2) is 0 Å². The van der Waals surface area contributed by atoms with Gasteiger partial charge in [-0.25, -0.2) is 9.18 Å². The number of amides is 2. The van der Waals surface area contributed by atoms with Crippen molar-refractivity contribution in [3.8, 4) is 17.0 Å². The highest BCUT2D eigenvalue weighted by atomic mass is 35.5. The van der Waals surface area contributed by atoms with E-state index < -0.39 is 11.8 Å². The average molecular weight is 533 g/mol. The number of carbonyl (C=O) groups excluding carboxylic acids is 2. The Morgan fingerprint density at radius 2 is 1.76 bits per heavy atom. The second kappa shape index (κ2) is 11.1. The fourth-order valence-corrected chi connectivity index (χ4v) is 4.84. The van der Waals surface area contributed by atoms with E-state index in [9.17, 15) is 19.1 Å². The summed E-state index contributed by atoms with van der Waals surface area (Å²) in [5.41, 5.74) is 2.77. The maximum atomic E-state index is 14.1. The lowest BCUT2D eigenvalue weighted by Crippen LogP contribution is -2.31. The van der Waals surface area contributed by atoms with Crippen LogP contribution in [0.15, 0.2) is 72.8 Å². The van der Waals surface area contributed by atoms with Crippen molar-refractivity contribution in [2.24, 2.45) is 0 Å². The molecule has 0 bridgehead atoms. The summed E-state index contributed by atoms with van der Waals surface area (Å²) in [7, 11) is 0. The van der Waals surface area contributed by atoms with Crippen LogP contribution >= 0.6 is 11.6 Å². The van der Waals surface area contributed by atoms with Gasteiger partial charge in [0.05, 0.1) is 11.4 Å². The number of aromatic hydroxyl groups is 1. The number of halogens is 2. The van der Waals surface area contributed by atoms with Crippen LogP contribution in [0.1, 0.15) is 53.2 Å². The lowest BCUT2D eigenvalue weighted by Gasteiger charge is -2.12. The Kier molecular flexibility index (Phi) is 7.42. The predicted molar refractivity (Wildman–Crippen MR) is 144 cm³/mol. The molecule has 0 spiro atoms. The molecular weight excluding hydrogens is 507 g/mol. The second-order valence-electron chi connectivity index (χ2n) is 9.29. The topological polar surface area (TPSA) is 96.2 Å². The first-order valence-electron chi connectivity index (χ1n) is 12.4. The number of phenols is 1. The number of nitrogens with zero attached hydrogens (tertiary/aromatic N) is 2. The van der Waals surface area contributed by atoms with Crippen molar-refractivity contribution < 1.29 is 19.1 Å². The van der Waals surface area contributed by atoms with Gasteiger partial charge in [0, 0.05) is 39.9 Å². The van der Waals surface area contributed by atoms with E-state index in [0.717, 1.165) is 31.4 Å². The molecule has 7 nitrogen and oxygen atoms in total. The molecule has 9 heteroatoms. The first-order chi connectivity index (χ1) is 18.4. The molecule has 1 aliphatic rings. The molecule has 1 saturated carbocycles. The third-order valence-electron chi connectivity index (χ3n) is 6.73. The van der Waals surface area contributed by atoms with Gasteiger partial charge >= 0.3 is 6.03 Å². The normalized spacial score (nSPS) is 13.4. The molecule has 0 radical (unpaired) electrons. The van der Waals surface area contributed by atoms with E-state index in [0.29, 0.717) is 33.1 Å². The van der Waals surface area contributed by atoms with Crippen LogP contribution in [0.2, 0.25) is 5.02 Å². The summed E-state index contributed by atoms with van der Waals surface area (Å²) in [6.45, 7) is 0.0161. The first-order valence-corrected chi connectivity index (χ1v) is 12.8. The summed E-state index contributed by atoms with van der Waals surface area (Å²) >= 11 is 5.91. The second-order valence-corrected chi connectivity index (χ2v) is 9.73. The number of benzene rings is 3. The molecule has 3 N–H and O–H groups in total. The molecular formula is C29H26ClFN4O3. The van der Waals surface area contributed by atoms with Crippen molar-refractivity contribution in [3.05, 3.63) is 100 Å². The van der Waals surface area contributed by atoms with E-state index in [1.807, 2.05) is 0 Å². The zero-order valence-electron chi connectivity index (χ0n) is 20.5. The minimum Gasteiger partial charge on any atom is -0.507 e. The Morgan fingerprint density at radius 1 is 1.03 bits per heavy atom. The van der Waals surface area contributed by atoms with Crippen LogP contribution in [0, 0.1) is 5.82 Å². The van der Waals surface area contributed by atoms with Crippen LogP contribution in [0.5, 0.6) is 5.75 Å². The fraction of sp³-hybridized carbons (Fsp3) is 0.207. The third kappa shape index (κ3) is 5.55. The van der Waals surface area contributed by atoms with Gasteiger partial charge in [0.25, 0.3) is 5.91 Å². The largest absolute Gasteiger partial charge is 0.507 e. The highest BCUT2D eigenvalue weighted by Crippen LogP contribution is 2.38.